The highest BCUT2D eigenvalue weighted by molar-refractivity contribution is 8.26. The maximum atomic E-state index is 13.0. The zero-order valence-electron chi connectivity index (χ0n) is 23.7. The van der Waals surface area contributed by atoms with Gasteiger partial charge in [0, 0.05) is 19.5 Å². The number of carbonyl (C=O) groups is 3. The fourth-order valence-corrected chi connectivity index (χ4v) is 5.05. The summed E-state index contributed by atoms with van der Waals surface area (Å²) in [4.78, 5) is 36.3. The number of rotatable bonds is 9. The van der Waals surface area contributed by atoms with Crippen LogP contribution >= 0.6 is 24.0 Å². The summed E-state index contributed by atoms with van der Waals surface area (Å²) in [5.41, 5.74) is 3.89. The summed E-state index contributed by atoms with van der Waals surface area (Å²) in [6.07, 6.45) is 5.52. The number of thioether (sulfide) groups is 1. The Morgan fingerprint density at radius 2 is 1.57 bits per heavy atom. The van der Waals surface area contributed by atoms with Gasteiger partial charge in [-0.25, -0.2) is 4.79 Å². The molecular weight excluding hydrogens is 574 g/mol. The minimum absolute atomic E-state index is 0.128. The minimum Gasteiger partial charge on any atom is -0.493 e. The highest BCUT2D eigenvalue weighted by Gasteiger charge is 2.31. The number of carboxylic acids is 1. The number of thiocarbonyl (C=S) groups is 1. The van der Waals surface area contributed by atoms with Crippen molar-refractivity contribution in [2.75, 3.05) is 20.8 Å². The lowest BCUT2D eigenvalue weighted by atomic mass is 10.1. The Labute approximate surface area is 254 Å². The van der Waals surface area contributed by atoms with Crippen molar-refractivity contribution < 1.29 is 33.7 Å². The summed E-state index contributed by atoms with van der Waals surface area (Å²) in [5, 5.41) is 7.42. The van der Waals surface area contributed by atoms with Crippen LogP contribution < -0.4 is 14.2 Å². The third kappa shape index (κ3) is 9.60. The second-order valence-corrected chi connectivity index (χ2v) is 10.7. The normalized spacial score (nSPS) is 13.6. The largest absolute Gasteiger partial charge is 0.493 e. The van der Waals surface area contributed by atoms with E-state index in [2.05, 4.69) is 0 Å². The van der Waals surface area contributed by atoms with E-state index >= 15 is 0 Å². The molecule has 0 spiro atoms. The molecule has 8 nitrogen and oxygen atoms in total. The van der Waals surface area contributed by atoms with Gasteiger partial charge in [0.15, 0.2) is 11.5 Å². The molecule has 218 valence electrons. The number of amides is 1. The van der Waals surface area contributed by atoms with E-state index < -0.39 is 11.9 Å². The molecule has 1 fully saturated rings. The Balaban J connectivity index is 0.00000114. The van der Waals surface area contributed by atoms with Crippen LogP contribution in [0.4, 0.5) is 0 Å². The van der Waals surface area contributed by atoms with Crippen LogP contribution in [-0.2, 0) is 20.8 Å². The molecule has 0 aliphatic carbocycles. The van der Waals surface area contributed by atoms with Crippen molar-refractivity contribution >= 4 is 58.3 Å². The maximum absolute atomic E-state index is 13.0. The lowest BCUT2D eigenvalue weighted by Crippen LogP contribution is -2.30. The van der Waals surface area contributed by atoms with Gasteiger partial charge in [0.25, 0.3) is 11.9 Å². The summed E-state index contributed by atoms with van der Waals surface area (Å²) in [6, 6.07) is 20.5. The maximum Gasteiger partial charge on any atom is 0.336 e. The molecule has 1 heterocycles. The Morgan fingerprint density at radius 1 is 0.952 bits per heavy atom. The molecule has 0 radical (unpaired) electrons. The predicted octanol–water partition coefficient (Wildman–Crippen LogP) is 6.17. The minimum atomic E-state index is -0.833. The van der Waals surface area contributed by atoms with Crippen molar-refractivity contribution in [1.82, 2.24) is 4.90 Å². The second kappa shape index (κ2) is 15.6. The first-order valence-corrected chi connectivity index (χ1v) is 14.0. The zero-order chi connectivity index (χ0) is 30.6. The van der Waals surface area contributed by atoms with Gasteiger partial charge in [0.05, 0.1) is 19.1 Å². The first-order valence-electron chi connectivity index (χ1n) is 12.8. The highest BCUT2D eigenvalue weighted by Crippen LogP contribution is 2.33. The van der Waals surface area contributed by atoms with Gasteiger partial charge in [-0.1, -0.05) is 72.0 Å². The van der Waals surface area contributed by atoms with Crippen LogP contribution in [0.15, 0.2) is 77.7 Å². The molecule has 3 aromatic carbocycles. The summed E-state index contributed by atoms with van der Waals surface area (Å²) in [7, 11) is 3.18. The van der Waals surface area contributed by atoms with Crippen molar-refractivity contribution in [3.05, 3.63) is 100.0 Å². The van der Waals surface area contributed by atoms with E-state index in [0.29, 0.717) is 39.4 Å². The van der Waals surface area contributed by atoms with Gasteiger partial charge in [0.2, 0.25) is 0 Å². The molecule has 1 aliphatic heterocycles. The number of methoxy groups -OCH3 is 2. The molecule has 0 aromatic heterocycles. The Bertz CT molecular complexity index is 1490. The quantitative estimate of drug-likeness (QED) is 0.133. The van der Waals surface area contributed by atoms with Crippen molar-refractivity contribution in [2.24, 2.45) is 0 Å². The van der Waals surface area contributed by atoms with E-state index in [1.165, 1.54) is 17.8 Å². The second-order valence-electron chi connectivity index (χ2n) is 9.03. The monoisotopic (exact) mass is 605 g/mol. The molecule has 10 heteroatoms. The Hall–Kier alpha value is -4.41. The van der Waals surface area contributed by atoms with Crippen LogP contribution in [-0.4, -0.2) is 52.9 Å². The third-order valence-corrected chi connectivity index (χ3v) is 7.21. The molecular formula is C32H31NO7S2. The molecule has 1 aliphatic rings. The molecule has 4 rings (SSSR count). The number of aryl methyl sites for hydroxylation is 1. The van der Waals surface area contributed by atoms with Crippen molar-refractivity contribution in [3.8, 4) is 17.2 Å². The van der Waals surface area contributed by atoms with E-state index in [1.54, 1.807) is 55.5 Å². The van der Waals surface area contributed by atoms with Crippen LogP contribution in [0.25, 0.3) is 12.2 Å². The van der Waals surface area contributed by atoms with Gasteiger partial charge in [-0.15, -0.1) is 0 Å². The van der Waals surface area contributed by atoms with E-state index in [1.807, 2.05) is 49.4 Å². The molecule has 1 amide bonds. The average Bonchev–Trinajstić information content (AvgIpc) is 3.23. The molecule has 0 saturated carbocycles. The lowest BCUT2D eigenvalue weighted by Gasteiger charge is -2.15. The summed E-state index contributed by atoms with van der Waals surface area (Å²) in [6.45, 7) is 3.55. The Kier molecular flexibility index (Phi) is 11.9. The van der Waals surface area contributed by atoms with Gasteiger partial charge >= 0.3 is 5.97 Å². The molecule has 0 atom stereocenters. The molecule has 3 aromatic rings. The molecule has 1 N–H and O–H groups in total. The smallest absolute Gasteiger partial charge is 0.336 e. The predicted molar refractivity (Wildman–Crippen MR) is 169 cm³/mol. The third-order valence-electron chi connectivity index (χ3n) is 5.83. The van der Waals surface area contributed by atoms with Gasteiger partial charge < -0.3 is 19.3 Å². The first-order chi connectivity index (χ1) is 20.1. The number of aliphatic carboxylic acids is 1. The fraction of sp³-hybridized carbons (Fsp3) is 0.188. The first kappa shape index (κ1) is 32.1. The average molecular weight is 606 g/mol. The van der Waals surface area contributed by atoms with Gasteiger partial charge in [-0.05, 0) is 66.5 Å². The summed E-state index contributed by atoms with van der Waals surface area (Å²) < 4.78 is 16.5. The lowest BCUT2D eigenvalue weighted by molar-refractivity contribution is -0.134. The van der Waals surface area contributed by atoms with Crippen molar-refractivity contribution in [1.29, 1.82) is 0 Å². The van der Waals surface area contributed by atoms with E-state index in [4.69, 9.17) is 36.3 Å². The van der Waals surface area contributed by atoms with Gasteiger partial charge in [-0.3, -0.25) is 14.5 Å². The van der Waals surface area contributed by atoms with Gasteiger partial charge in [-0.2, -0.15) is 0 Å². The van der Waals surface area contributed by atoms with Crippen molar-refractivity contribution in [3.63, 3.8) is 0 Å². The number of benzene rings is 3. The molecule has 42 heavy (non-hydrogen) atoms. The van der Waals surface area contributed by atoms with E-state index in [9.17, 15) is 9.59 Å². The van der Waals surface area contributed by atoms with Crippen LogP contribution in [0, 0.1) is 6.92 Å². The van der Waals surface area contributed by atoms with Crippen LogP contribution in [0.5, 0.6) is 17.2 Å². The number of hydrogen-bond donors (Lipinski definition) is 1. The topological polar surface area (TPSA) is 102 Å². The Morgan fingerprint density at radius 3 is 2.19 bits per heavy atom. The van der Waals surface area contributed by atoms with Crippen molar-refractivity contribution in [2.45, 2.75) is 20.3 Å². The number of carboxylic acid groups (broad SMARTS) is 1. The molecule has 0 unspecified atom stereocenters. The summed E-state index contributed by atoms with van der Waals surface area (Å²) in [5.74, 6) is 0.296. The number of hydrogen-bond acceptors (Lipinski definition) is 8. The number of ether oxygens (including phenoxy) is 3. The SMILES string of the molecule is CC(=O)O.COc1ccc(CCN2C(=O)/C(=C/c3ccc(OC(=O)/C=C/c4ccc(C)cc4)cc3)SC2=S)cc1OC. The highest BCUT2D eigenvalue weighted by atomic mass is 32.2. The van der Waals surface area contributed by atoms with Crippen LogP contribution in [0.3, 0.4) is 0 Å². The summed E-state index contributed by atoms with van der Waals surface area (Å²) >= 11 is 6.74. The molecule has 1 saturated heterocycles. The molecule has 0 bridgehead atoms. The van der Waals surface area contributed by atoms with Crippen LogP contribution in [0.2, 0.25) is 0 Å². The van der Waals surface area contributed by atoms with E-state index in [-0.39, 0.29) is 5.91 Å². The number of carbonyl (C=O) groups excluding carboxylic acids is 2. The standard InChI is InChI=1S/C30H27NO5S2.C2H4O2/c1-20-4-6-21(7-5-20)11-15-28(32)36-24-12-8-22(9-13-24)19-27-29(33)31(30(37)38-27)17-16-23-10-14-25(34-2)26(18-23)35-3;1-2(3)4/h4-15,18-19H,16-17H2,1-3H3;1H3,(H,3,4)/b15-11+,27-19-;. The fourth-order valence-electron chi connectivity index (χ4n) is 3.75. The van der Waals surface area contributed by atoms with E-state index in [0.717, 1.165) is 29.2 Å². The van der Waals surface area contributed by atoms with Gasteiger partial charge in [0.1, 0.15) is 10.1 Å². The number of nitrogens with zero attached hydrogens (tertiary/aromatic N) is 1. The zero-order valence-corrected chi connectivity index (χ0v) is 25.3. The van der Waals surface area contributed by atoms with Crippen LogP contribution in [0.1, 0.15) is 29.2 Å². The number of esters is 1.